The first kappa shape index (κ1) is 35.2. The third-order valence-electron chi connectivity index (χ3n) is 9.30. The Hall–Kier alpha value is -4.67. The van der Waals surface area contributed by atoms with Crippen molar-refractivity contribution in [2.45, 2.75) is 43.4 Å². The summed E-state index contributed by atoms with van der Waals surface area (Å²) in [5.41, 5.74) is 9.62. The molecule has 1 aliphatic rings. The molecule has 0 spiro atoms. The molecule has 9 heteroatoms. The van der Waals surface area contributed by atoms with E-state index in [9.17, 15) is 14.3 Å². The number of aldehydes is 1. The lowest BCUT2D eigenvalue weighted by atomic mass is 9.70. The summed E-state index contributed by atoms with van der Waals surface area (Å²) >= 11 is 3.59. The number of hydrogen-bond donors (Lipinski definition) is 2. The smallest absolute Gasteiger partial charge is 0.231 e. The van der Waals surface area contributed by atoms with Crippen LogP contribution in [0.2, 0.25) is 0 Å². The van der Waals surface area contributed by atoms with Gasteiger partial charge in [0.25, 0.3) is 0 Å². The molecule has 50 heavy (non-hydrogen) atoms. The van der Waals surface area contributed by atoms with E-state index >= 15 is 4.79 Å². The van der Waals surface area contributed by atoms with Crippen molar-refractivity contribution in [2.24, 2.45) is 11.7 Å². The molecule has 5 atom stereocenters. The monoisotopic (exact) mass is 736 g/mol. The van der Waals surface area contributed by atoms with Gasteiger partial charge in [0.1, 0.15) is 18.2 Å². The average Bonchev–Trinajstić information content (AvgIpc) is 3.60. The van der Waals surface area contributed by atoms with Crippen LogP contribution in [-0.4, -0.2) is 35.0 Å². The van der Waals surface area contributed by atoms with Crippen LogP contribution < -0.4 is 10.5 Å². The number of rotatable bonds is 13. The van der Waals surface area contributed by atoms with E-state index in [4.69, 9.17) is 15.2 Å². The summed E-state index contributed by atoms with van der Waals surface area (Å²) in [6.45, 7) is 0.372. The standard InChI is InChI=1S/C41H38BrFN2O5/c42-32-18-21-34(38(24-32)49-26-28-10-4-1-5-11-28)41(44,31-14-8-3-9-15-31)35(22-23-37(47)30-16-19-33(43)20-17-30)40(48)45-36(27-50-39(45)25-46)29-12-6-2-7-13-29/h1-21,24-25,35-37,39,47H,22-23,26-27,44H2. The lowest BCUT2D eigenvalue weighted by Crippen LogP contribution is -2.54. The highest BCUT2D eigenvalue weighted by Gasteiger charge is 2.50. The van der Waals surface area contributed by atoms with Crippen molar-refractivity contribution in [3.63, 3.8) is 0 Å². The van der Waals surface area contributed by atoms with Crippen molar-refractivity contribution >= 4 is 28.1 Å². The van der Waals surface area contributed by atoms with Gasteiger partial charge in [0.05, 0.1) is 30.2 Å². The maximum atomic E-state index is 15.3. The molecule has 0 radical (unpaired) electrons. The first-order valence-electron chi connectivity index (χ1n) is 16.5. The number of nitrogens with two attached hydrogens (primary N) is 1. The molecule has 5 aromatic rings. The second-order valence-electron chi connectivity index (χ2n) is 12.4. The molecule has 1 fully saturated rings. The van der Waals surface area contributed by atoms with Gasteiger partial charge >= 0.3 is 0 Å². The number of benzene rings is 5. The molecule has 7 nitrogen and oxygen atoms in total. The van der Waals surface area contributed by atoms with E-state index in [1.165, 1.54) is 29.2 Å². The van der Waals surface area contributed by atoms with Crippen molar-refractivity contribution < 1.29 is 28.6 Å². The fourth-order valence-corrected chi connectivity index (χ4v) is 7.04. The minimum Gasteiger partial charge on any atom is -0.488 e. The van der Waals surface area contributed by atoms with E-state index in [0.29, 0.717) is 28.7 Å². The Morgan fingerprint density at radius 3 is 2.24 bits per heavy atom. The number of nitrogens with zero attached hydrogens (tertiary/aromatic N) is 1. The van der Waals surface area contributed by atoms with Gasteiger partial charge in [0.15, 0.2) is 12.5 Å². The number of ether oxygens (including phenoxy) is 2. The number of carbonyl (C=O) groups is 2. The Morgan fingerprint density at radius 1 is 0.940 bits per heavy atom. The maximum absolute atomic E-state index is 15.3. The Balaban J connectivity index is 1.48. The number of amides is 1. The summed E-state index contributed by atoms with van der Waals surface area (Å²) < 4.78 is 26.9. The van der Waals surface area contributed by atoms with E-state index in [-0.39, 0.29) is 26.1 Å². The Labute approximate surface area is 299 Å². The summed E-state index contributed by atoms with van der Waals surface area (Å²) in [7, 11) is 0. The molecular weight excluding hydrogens is 699 g/mol. The Kier molecular flexibility index (Phi) is 11.2. The van der Waals surface area contributed by atoms with Gasteiger partial charge in [-0.3, -0.25) is 9.59 Å². The van der Waals surface area contributed by atoms with Gasteiger partial charge in [0.2, 0.25) is 5.91 Å². The van der Waals surface area contributed by atoms with Crippen LogP contribution in [0.1, 0.15) is 52.8 Å². The van der Waals surface area contributed by atoms with Crippen molar-refractivity contribution in [3.05, 3.63) is 172 Å². The van der Waals surface area contributed by atoms with Gasteiger partial charge in [0, 0.05) is 10.0 Å². The molecule has 3 N–H and O–H groups in total. The molecule has 1 saturated heterocycles. The van der Waals surface area contributed by atoms with Gasteiger partial charge in [-0.2, -0.15) is 0 Å². The quantitative estimate of drug-likeness (QED) is 0.121. The van der Waals surface area contributed by atoms with Crippen LogP contribution in [0.5, 0.6) is 5.75 Å². The molecular formula is C41H38BrFN2O5. The predicted molar refractivity (Wildman–Crippen MR) is 192 cm³/mol. The molecule has 5 aromatic carbocycles. The van der Waals surface area contributed by atoms with Crippen molar-refractivity contribution in [3.8, 4) is 5.75 Å². The van der Waals surface area contributed by atoms with Crippen LogP contribution in [-0.2, 0) is 26.5 Å². The van der Waals surface area contributed by atoms with Crippen LogP contribution >= 0.6 is 15.9 Å². The molecule has 0 bridgehead atoms. The predicted octanol–water partition coefficient (Wildman–Crippen LogP) is 7.62. The first-order chi connectivity index (χ1) is 24.3. The van der Waals surface area contributed by atoms with Gasteiger partial charge in [-0.05, 0) is 59.4 Å². The number of aliphatic hydroxyl groups is 1. The lowest BCUT2D eigenvalue weighted by Gasteiger charge is -2.42. The molecule has 0 saturated carbocycles. The van der Waals surface area contributed by atoms with Crippen LogP contribution in [0, 0.1) is 11.7 Å². The molecule has 6 rings (SSSR count). The molecule has 1 amide bonds. The topological polar surface area (TPSA) is 102 Å². The van der Waals surface area contributed by atoms with E-state index in [0.717, 1.165) is 15.6 Å². The van der Waals surface area contributed by atoms with E-state index in [1.54, 1.807) is 0 Å². The lowest BCUT2D eigenvalue weighted by molar-refractivity contribution is -0.148. The summed E-state index contributed by atoms with van der Waals surface area (Å²) in [5.74, 6) is -1.40. The van der Waals surface area contributed by atoms with Crippen LogP contribution in [0.3, 0.4) is 0 Å². The van der Waals surface area contributed by atoms with Crippen molar-refractivity contribution in [1.82, 2.24) is 4.90 Å². The summed E-state index contributed by atoms with van der Waals surface area (Å²) in [5, 5.41) is 11.3. The third-order valence-corrected chi connectivity index (χ3v) is 9.79. The van der Waals surface area contributed by atoms with Crippen LogP contribution in [0.25, 0.3) is 0 Å². The van der Waals surface area contributed by atoms with Crippen molar-refractivity contribution in [1.29, 1.82) is 0 Å². The zero-order valence-electron chi connectivity index (χ0n) is 27.3. The highest BCUT2D eigenvalue weighted by atomic mass is 79.9. The number of hydrogen-bond acceptors (Lipinski definition) is 6. The summed E-state index contributed by atoms with van der Waals surface area (Å²) in [6, 6.07) is 39.1. The fraction of sp³-hybridized carbons (Fsp3) is 0.220. The van der Waals surface area contributed by atoms with Crippen LogP contribution in [0.15, 0.2) is 138 Å². The zero-order valence-corrected chi connectivity index (χ0v) is 28.9. The first-order valence-corrected chi connectivity index (χ1v) is 17.3. The minimum absolute atomic E-state index is 0.0978. The molecule has 5 unspecified atom stereocenters. The molecule has 0 aromatic heterocycles. The number of halogens is 2. The third kappa shape index (κ3) is 7.56. The fourth-order valence-electron chi connectivity index (χ4n) is 6.70. The highest BCUT2D eigenvalue weighted by molar-refractivity contribution is 9.10. The summed E-state index contributed by atoms with van der Waals surface area (Å²) in [4.78, 5) is 29.2. The van der Waals surface area contributed by atoms with E-state index < -0.39 is 41.6 Å². The Bertz CT molecular complexity index is 1880. The largest absolute Gasteiger partial charge is 0.488 e. The molecule has 256 valence electrons. The van der Waals surface area contributed by atoms with E-state index in [1.807, 2.05) is 109 Å². The molecule has 1 aliphatic heterocycles. The minimum atomic E-state index is -1.52. The molecule has 1 heterocycles. The van der Waals surface area contributed by atoms with Gasteiger partial charge in [-0.15, -0.1) is 0 Å². The molecule has 0 aliphatic carbocycles. The van der Waals surface area contributed by atoms with Gasteiger partial charge in [-0.25, -0.2) is 4.39 Å². The number of aliphatic hydroxyl groups excluding tert-OH is 1. The van der Waals surface area contributed by atoms with Gasteiger partial charge in [-0.1, -0.05) is 125 Å². The highest BCUT2D eigenvalue weighted by Crippen LogP contribution is 2.45. The zero-order chi connectivity index (χ0) is 35.1. The van der Waals surface area contributed by atoms with Crippen LogP contribution in [0.4, 0.5) is 4.39 Å². The second-order valence-corrected chi connectivity index (χ2v) is 13.3. The maximum Gasteiger partial charge on any atom is 0.231 e. The normalized spacial score (nSPS) is 18.2. The van der Waals surface area contributed by atoms with E-state index in [2.05, 4.69) is 15.9 Å². The van der Waals surface area contributed by atoms with Gasteiger partial charge < -0.3 is 25.2 Å². The summed E-state index contributed by atoms with van der Waals surface area (Å²) in [6.07, 6.45) is -1.33. The average molecular weight is 738 g/mol. The SMILES string of the molecule is NC(c1ccccc1)(c1ccc(Br)cc1OCc1ccccc1)C(CCC(O)c1ccc(F)cc1)C(=O)N1C(C=O)OCC1c1ccccc1. The second kappa shape index (κ2) is 15.9. The Morgan fingerprint density at radius 2 is 1.58 bits per heavy atom. The van der Waals surface area contributed by atoms with Crippen molar-refractivity contribution in [2.75, 3.05) is 6.61 Å². The number of carbonyl (C=O) groups excluding carboxylic acids is 2.